The monoisotopic (exact) mass is 312 g/mol. The van der Waals surface area contributed by atoms with Crippen LogP contribution in [0.5, 0.6) is 11.5 Å². The van der Waals surface area contributed by atoms with Crippen LogP contribution in [0.15, 0.2) is 65.4 Å². The molecular weight excluding hydrogens is 296 g/mol. The number of methoxy groups -OCH3 is 1. The molecule has 1 unspecified atom stereocenters. The van der Waals surface area contributed by atoms with E-state index in [9.17, 15) is 10.2 Å². The van der Waals surface area contributed by atoms with E-state index in [1.165, 1.54) is 11.3 Å². The molecule has 3 aromatic rings. The minimum Gasteiger partial charge on any atom is -0.508 e. The highest BCUT2D eigenvalue weighted by Gasteiger charge is 2.36. The van der Waals surface area contributed by atoms with E-state index in [-0.39, 0.29) is 5.75 Å². The number of aromatic hydroxyl groups is 1. The fourth-order valence-electron chi connectivity index (χ4n) is 2.59. The maximum Gasteiger partial charge on any atom is 0.144 e. The number of para-hydroxylation sites is 1. The van der Waals surface area contributed by atoms with Gasteiger partial charge in [0.2, 0.25) is 0 Å². The van der Waals surface area contributed by atoms with E-state index in [2.05, 4.69) is 0 Å². The first kappa shape index (κ1) is 14.6. The molecule has 3 nitrogen and oxygen atoms in total. The van der Waals surface area contributed by atoms with Gasteiger partial charge in [-0.2, -0.15) is 11.3 Å². The lowest BCUT2D eigenvalue weighted by molar-refractivity contribution is 0.122. The summed E-state index contributed by atoms with van der Waals surface area (Å²) in [7, 11) is 1.59. The lowest BCUT2D eigenvalue weighted by Gasteiger charge is -2.30. The molecule has 0 saturated carbocycles. The summed E-state index contributed by atoms with van der Waals surface area (Å²) in [5.41, 5.74) is 0.780. The minimum absolute atomic E-state index is 0.163. The van der Waals surface area contributed by atoms with Crippen LogP contribution in [0.2, 0.25) is 0 Å². The second-order valence-corrected chi connectivity index (χ2v) is 5.75. The molecule has 0 amide bonds. The third-order valence-corrected chi connectivity index (χ3v) is 4.40. The molecule has 0 bridgehead atoms. The summed E-state index contributed by atoms with van der Waals surface area (Å²) in [6, 6.07) is 15.9. The Bertz CT molecular complexity index is 750. The van der Waals surface area contributed by atoms with Gasteiger partial charge in [0, 0.05) is 11.1 Å². The van der Waals surface area contributed by atoms with Crippen molar-refractivity contribution in [3.63, 3.8) is 0 Å². The van der Waals surface area contributed by atoms with E-state index in [0.29, 0.717) is 16.9 Å². The molecule has 22 heavy (non-hydrogen) atoms. The van der Waals surface area contributed by atoms with Crippen molar-refractivity contribution < 1.29 is 14.9 Å². The van der Waals surface area contributed by atoms with Crippen LogP contribution in [0.1, 0.15) is 16.7 Å². The van der Waals surface area contributed by atoms with Crippen LogP contribution < -0.4 is 4.74 Å². The predicted octanol–water partition coefficient (Wildman–Crippen LogP) is 3.75. The van der Waals surface area contributed by atoms with Gasteiger partial charge in [-0.1, -0.05) is 30.3 Å². The van der Waals surface area contributed by atoms with Gasteiger partial charge < -0.3 is 14.9 Å². The highest BCUT2D eigenvalue weighted by atomic mass is 32.1. The molecule has 1 aromatic heterocycles. The Morgan fingerprint density at radius 3 is 2.32 bits per heavy atom. The van der Waals surface area contributed by atoms with E-state index in [1.807, 2.05) is 41.1 Å². The van der Waals surface area contributed by atoms with Gasteiger partial charge in [0.1, 0.15) is 17.1 Å². The Balaban J connectivity index is 2.26. The first-order valence-electron chi connectivity index (χ1n) is 6.84. The van der Waals surface area contributed by atoms with Crippen molar-refractivity contribution in [3.8, 4) is 11.5 Å². The number of benzene rings is 2. The zero-order valence-corrected chi connectivity index (χ0v) is 12.9. The van der Waals surface area contributed by atoms with Gasteiger partial charge in [0.25, 0.3) is 0 Å². The Labute approximate surface area is 133 Å². The molecule has 0 spiro atoms. The van der Waals surface area contributed by atoms with Crippen LogP contribution in [-0.2, 0) is 5.60 Å². The van der Waals surface area contributed by atoms with Gasteiger partial charge in [-0.3, -0.25) is 0 Å². The number of ether oxygens (including phenoxy) is 1. The smallest absolute Gasteiger partial charge is 0.144 e. The summed E-state index contributed by atoms with van der Waals surface area (Å²) >= 11 is 1.52. The second-order valence-electron chi connectivity index (χ2n) is 4.97. The Morgan fingerprint density at radius 1 is 0.955 bits per heavy atom. The van der Waals surface area contributed by atoms with E-state index in [0.717, 1.165) is 5.56 Å². The van der Waals surface area contributed by atoms with Crippen molar-refractivity contribution in [1.82, 2.24) is 0 Å². The molecule has 0 radical (unpaired) electrons. The summed E-state index contributed by atoms with van der Waals surface area (Å²) < 4.78 is 5.43. The summed E-state index contributed by atoms with van der Waals surface area (Å²) in [4.78, 5) is 0. The molecule has 0 aliphatic heterocycles. The lowest BCUT2D eigenvalue weighted by atomic mass is 9.81. The zero-order chi connectivity index (χ0) is 15.6. The number of hydrogen-bond acceptors (Lipinski definition) is 4. The molecule has 112 valence electrons. The van der Waals surface area contributed by atoms with Gasteiger partial charge in [0.15, 0.2) is 0 Å². The number of hydrogen-bond donors (Lipinski definition) is 2. The number of phenols is 1. The molecule has 3 rings (SSSR count). The van der Waals surface area contributed by atoms with E-state index in [4.69, 9.17) is 4.74 Å². The van der Waals surface area contributed by atoms with Gasteiger partial charge >= 0.3 is 0 Å². The molecule has 0 aliphatic carbocycles. The fourth-order valence-corrected chi connectivity index (χ4v) is 3.29. The standard InChI is InChI=1S/C18H16O3S/c1-21-17-5-3-2-4-16(17)18(20,14-10-11-22-12-14)13-6-8-15(19)9-7-13/h2-12,19-20H,1H3. The topological polar surface area (TPSA) is 49.7 Å². The van der Waals surface area contributed by atoms with Crippen molar-refractivity contribution in [2.75, 3.05) is 7.11 Å². The normalized spacial score (nSPS) is 13.5. The molecule has 0 fully saturated rings. The molecule has 1 heterocycles. The van der Waals surface area contributed by atoms with Crippen LogP contribution in [0.25, 0.3) is 0 Å². The van der Waals surface area contributed by atoms with Gasteiger partial charge in [-0.25, -0.2) is 0 Å². The number of aliphatic hydroxyl groups is 1. The van der Waals surface area contributed by atoms with Gasteiger partial charge in [0.05, 0.1) is 7.11 Å². The van der Waals surface area contributed by atoms with Crippen molar-refractivity contribution >= 4 is 11.3 Å². The first-order valence-corrected chi connectivity index (χ1v) is 7.78. The molecule has 2 N–H and O–H groups in total. The molecule has 2 aromatic carbocycles. The number of rotatable bonds is 4. The SMILES string of the molecule is COc1ccccc1C(O)(c1ccc(O)cc1)c1ccsc1. The van der Waals surface area contributed by atoms with Gasteiger partial charge in [-0.15, -0.1) is 0 Å². The average molecular weight is 312 g/mol. The van der Waals surface area contributed by atoms with Crippen molar-refractivity contribution in [1.29, 1.82) is 0 Å². The maximum atomic E-state index is 11.6. The predicted molar refractivity (Wildman–Crippen MR) is 87.5 cm³/mol. The highest BCUT2D eigenvalue weighted by Crippen LogP contribution is 2.42. The lowest BCUT2D eigenvalue weighted by Crippen LogP contribution is -2.28. The maximum absolute atomic E-state index is 11.6. The third-order valence-electron chi connectivity index (χ3n) is 3.72. The minimum atomic E-state index is -1.33. The fraction of sp³-hybridized carbons (Fsp3) is 0.111. The average Bonchev–Trinajstić information content (AvgIpc) is 3.10. The Morgan fingerprint density at radius 2 is 1.68 bits per heavy atom. The number of phenolic OH excluding ortho intramolecular Hbond substituents is 1. The van der Waals surface area contributed by atoms with Crippen molar-refractivity contribution in [2.24, 2.45) is 0 Å². The first-order chi connectivity index (χ1) is 10.7. The Kier molecular flexibility index (Phi) is 3.88. The summed E-state index contributed by atoms with van der Waals surface area (Å²) in [5.74, 6) is 0.778. The molecule has 0 aliphatic rings. The molecule has 1 atom stereocenters. The summed E-state index contributed by atoms with van der Waals surface area (Å²) in [6.45, 7) is 0. The van der Waals surface area contributed by atoms with E-state index >= 15 is 0 Å². The van der Waals surface area contributed by atoms with E-state index < -0.39 is 5.60 Å². The van der Waals surface area contributed by atoms with Crippen LogP contribution in [0.4, 0.5) is 0 Å². The van der Waals surface area contributed by atoms with Crippen LogP contribution in [0, 0.1) is 0 Å². The second kappa shape index (κ2) is 5.83. The van der Waals surface area contributed by atoms with Gasteiger partial charge in [-0.05, 0) is 40.6 Å². The zero-order valence-electron chi connectivity index (χ0n) is 12.1. The van der Waals surface area contributed by atoms with Crippen LogP contribution in [0.3, 0.4) is 0 Å². The van der Waals surface area contributed by atoms with E-state index in [1.54, 1.807) is 31.4 Å². The number of thiophene rings is 1. The van der Waals surface area contributed by atoms with Crippen molar-refractivity contribution in [2.45, 2.75) is 5.60 Å². The molecule has 4 heteroatoms. The molecule has 0 saturated heterocycles. The summed E-state index contributed by atoms with van der Waals surface area (Å²) in [5, 5.41) is 24.9. The highest BCUT2D eigenvalue weighted by molar-refractivity contribution is 7.08. The molecular formula is C18H16O3S. The largest absolute Gasteiger partial charge is 0.508 e. The quantitative estimate of drug-likeness (QED) is 0.771. The third kappa shape index (κ3) is 2.36. The van der Waals surface area contributed by atoms with Crippen LogP contribution in [-0.4, -0.2) is 17.3 Å². The van der Waals surface area contributed by atoms with Crippen LogP contribution >= 0.6 is 11.3 Å². The Hall–Kier alpha value is -2.30. The van der Waals surface area contributed by atoms with Crippen molar-refractivity contribution in [3.05, 3.63) is 82.0 Å². The summed E-state index contributed by atoms with van der Waals surface area (Å²) in [6.07, 6.45) is 0.